The van der Waals surface area contributed by atoms with Gasteiger partial charge in [0.2, 0.25) is 11.8 Å². The standard InChI is InChI=1S/C23H21N3O7S/c1-14-18(10-11-22(24-14)30-2)33-19-5-3-4-17-20(13-31-23(17)19)32-16-8-6-15(7-9-16)26-12-21(27)25-34(26,28)29/h3-12,20,25,27H,13H2,1-2H3/t20-/m1/s1. The van der Waals surface area contributed by atoms with E-state index in [1.54, 1.807) is 43.5 Å². The highest BCUT2D eigenvalue weighted by molar-refractivity contribution is 7.91. The molecule has 0 fully saturated rings. The summed E-state index contributed by atoms with van der Waals surface area (Å²) in [6.07, 6.45) is 0.717. The highest BCUT2D eigenvalue weighted by Crippen LogP contribution is 2.44. The minimum Gasteiger partial charge on any atom is -0.493 e. The van der Waals surface area contributed by atoms with E-state index in [4.69, 9.17) is 18.9 Å². The predicted molar refractivity (Wildman–Crippen MR) is 123 cm³/mol. The summed E-state index contributed by atoms with van der Waals surface area (Å²) in [6.45, 7) is 2.12. The maximum Gasteiger partial charge on any atom is 0.330 e. The molecule has 0 bridgehead atoms. The first kappa shape index (κ1) is 21.7. The second-order valence-electron chi connectivity index (χ2n) is 7.54. The molecule has 2 aromatic carbocycles. The van der Waals surface area contributed by atoms with Crippen molar-refractivity contribution in [3.8, 4) is 28.9 Å². The number of aryl methyl sites for hydroxylation is 1. The monoisotopic (exact) mass is 483 g/mol. The molecule has 0 amide bonds. The Kier molecular flexibility index (Phi) is 5.33. The lowest BCUT2D eigenvalue weighted by molar-refractivity contribution is 0.162. The number of para-hydroxylation sites is 1. The molecule has 0 saturated heterocycles. The van der Waals surface area contributed by atoms with E-state index in [2.05, 4.69) is 4.98 Å². The van der Waals surface area contributed by atoms with Crippen LogP contribution in [0.2, 0.25) is 0 Å². The van der Waals surface area contributed by atoms with E-state index in [-0.39, 0.29) is 6.10 Å². The van der Waals surface area contributed by atoms with Gasteiger partial charge < -0.3 is 24.1 Å². The van der Waals surface area contributed by atoms with Crippen molar-refractivity contribution in [2.75, 3.05) is 18.0 Å². The van der Waals surface area contributed by atoms with Crippen LogP contribution in [0.3, 0.4) is 0 Å². The zero-order valence-electron chi connectivity index (χ0n) is 18.3. The number of ether oxygens (including phenoxy) is 4. The number of nitrogens with zero attached hydrogens (tertiary/aromatic N) is 2. The van der Waals surface area contributed by atoms with E-state index >= 15 is 0 Å². The summed E-state index contributed by atoms with van der Waals surface area (Å²) < 4.78 is 50.2. The smallest absolute Gasteiger partial charge is 0.330 e. The summed E-state index contributed by atoms with van der Waals surface area (Å²) in [5, 5.41) is 9.46. The van der Waals surface area contributed by atoms with Crippen molar-refractivity contribution in [1.82, 2.24) is 9.71 Å². The van der Waals surface area contributed by atoms with Gasteiger partial charge in [-0.1, -0.05) is 12.1 Å². The molecule has 1 atom stereocenters. The number of hydrogen-bond donors (Lipinski definition) is 2. The van der Waals surface area contributed by atoms with E-state index in [1.807, 2.05) is 29.8 Å². The molecule has 34 heavy (non-hydrogen) atoms. The molecule has 5 rings (SSSR count). The van der Waals surface area contributed by atoms with Crippen molar-refractivity contribution in [1.29, 1.82) is 0 Å². The third-order valence-corrected chi connectivity index (χ3v) is 6.58. The number of rotatable bonds is 6. The summed E-state index contributed by atoms with van der Waals surface area (Å²) in [5.41, 5.74) is 1.87. The third kappa shape index (κ3) is 4.01. The van der Waals surface area contributed by atoms with Crippen molar-refractivity contribution >= 4 is 15.9 Å². The Balaban J connectivity index is 1.33. The number of benzene rings is 2. The second kappa shape index (κ2) is 8.34. The molecule has 10 nitrogen and oxygen atoms in total. The molecular weight excluding hydrogens is 462 g/mol. The highest BCUT2D eigenvalue weighted by Gasteiger charge is 2.31. The zero-order chi connectivity index (χ0) is 23.9. The lowest BCUT2D eigenvalue weighted by Crippen LogP contribution is -2.29. The van der Waals surface area contributed by atoms with Crippen LogP contribution in [0.4, 0.5) is 5.69 Å². The van der Waals surface area contributed by atoms with Gasteiger partial charge in [-0.2, -0.15) is 8.42 Å². The largest absolute Gasteiger partial charge is 0.493 e. The van der Waals surface area contributed by atoms with Crippen LogP contribution >= 0.6 is 0 Å². The van der Waals surface area contributed by atoms with Gasteiger partial charge in [-0.05, 0) is 43.3 Å². The number of pyridine rings is 1. The summed E-state index contributed by atoms with van der Waals surface area (Å²) >= 11 is 0. The number of hydrogen-bond acceptors (Lipinski definition) is 8. The predicted octanol–water partition coefficient (Wildman–Crippen LogP) is 3.71. The molecule has 3 heterocycles. The van der Waals surface area contributed by atoms with Crippen LogP contribution < -0.4 is 28.0 Å². The van der Waals surface area contributed by atoms with E-state index in [1.165, 1.54) is 0 Å². The average molecular weight is 484 g/mol. The van der Waals surface area contributed by atoms with Gasteiger partial charge in [-0.25, -0.2) is 14.0 Å². The number of aliphatic hydroxyl groups is 1. The third-order valence-electron chi connectivity index (χ3n) is 5.28. The van der Waals surface area contributed by atoms with Crippen molar-refractivity contribution < 1.29 is 32.5 Å². The first-order chi connectivity index (χ1) is 16.3. The van der Waals surface area contributed by atoms with Crippen molar-refractivity contribution in [2.24, 2.45) is 0 Å². The Morgan fingerprint density at radius 1 is 1.12 bits per heavy atom. The molecule has 0 saturated carbocycles. The zero-order valence-corrected chi connectivity index (χ0v) is 19.1. The number of aliphatic hydroxyl groups excluding tert-OH is 1. The van der Waals surface area contributed by atoms with Gasteiger partial charge in [-0.3, -0.25) is 0 Å². The molecule has 0 spiro atoms. The second-order valence-corrected chi connectivity index (χ2v) is 9.09. The van der Waals surface area contributed by atoms with Gasteiger partial charge in [-0.15, -0.1) is 0 Å². The Morgan fingerprint density at radius 3 is 2.59 bits per heavy atom. The van der Waals surface area contributed by atoms with Gasteiger partial charge in [0.1, 0.15) is 18.1 Å². The van der Waals surface area contributed by atoms with E-state index in [9.17, 15) is 13.5 Å². The fraction of sp³-hybridized carbons (Fsp3) is 0.174. The van der Waals surface area contributed by atoms with Gasteiger partial charge in [0.15, 0.2) is 17.6 Å². The number of nitrogens with one attached hydrogen (secondary N) is 1. The molecular formula is C23H21N3O7S. The number of methoxy groups -OCH3 is 1. The minimum atomic E-state index is -3.85. The fourth-order valence-corrected chi connectivity index (χ4v) is 4.72. The van der Waals surface area contributed by atoms with Crippen LogP contribution in [-0.4, -0.2) is 32.2 Å². The van der Waals surface area contributed by atoms with Gasteiger partial charge in [0.25, 0.3) is 0 Å². The molecule has 0 unspecified atom stereocenters. The molecule has 2 N–H and O–H groups in total. The fourth-order valence-electron chi connectivity index (χ4n) is 3.67. The average Bonchev–Trinajstić information content (AvgIpc) is 3.35. The molecule has 11 heteroatoms. The number of fused-ring (bicyclic) bond motifs is 1. The molecule has 0 aliphatic carbocycles. The van der Waals surface area contributed by atoms with Crippen LogP contribution in [0.25, 0.3) is 0 Å². The first-order valence-corrected chi connectivity index (χ1v) is 11.7. The maximum absolute atomic E-state index is 12.0. The van der Waals surface area contributed by atoms with E-state index < -0.39 is 16.1 Å². The van der Waals surface area contributed by atoms with Crippen LogP contribution in [0.1, 0.15) is 17.4 Å². The minimum absolute atomic E-state index is 0.290. The van der Waals surface area contributed by atoms with Crippen molar-refractivity contribution in [2.45, 2.75) is 13.0 Å². The van der Waals surface area contributed by atoms with Gasteiger partial charge >= 0.3 is 10.2 Å². The molecule has 3 aromatic rings. The summed E-state index contributed by atoms with van der Waals surface area (Å²) in [5.74, 6) is 2.32. The molecule has 2 aliphatic heterocycles. The maximum atomic E-state index is 12.0. The molecule has 176 valence electrons. The van der Waals surface area contributed by atoms with Crippen LogP contribution in [0.5, 0.6) is 28.9 Å². The molecule has 2 aliphatic rings. The van der Waals surface area contributed by atoms with Crippen LogP contribution in [0.15, 0.2) is 66.7 Å². The molecule has 1 aromatic heterocycles. The first-order valence-electron chi connectivity index (χ1n) is 10.3. The van der Waals surface area contributed by atoms with E-state index in [0.717, 1.165) is 16.1 Å². The lowest BCUT2D eigenvalue weighted by atomic mass is 10.1. The Labute approximate surface area is 196 Å². The lowest BCUT2D eigenvalue weighted by Gasteiger charge is -2.16. The van der Waals surface area contributed by atoms with Gasteiger partial charge in [0, 0.05) is 11.6 Å². The Bertz CT molecular complexity index is 1370. The van der Waals surface area contributed by atoms with Crippen LogP contribution in [-0.2, 0) is 10.2 Å². The van der Waals surface area contributed by atoms with Crippen molar-refractivity contribution in [3.63, 3.8) is 0 Å². The number of aromatic nitrogens is 1. The SMILES string of the molecule is COc1ccc(Oc2cccc3c2OC[C@H]3Oc2ccc(N3C=C(O)NS3(=O)=O)cc2)c(C)n1. The van der Waals surface area contributed by atoms with E-state index in [0.29, 0.717) is 46.9 Å². The van der Waals surface area contributed by atoms with Gasteiger partial charge in [0.05, 0.1) is 24.7 Å². The normalized spacial score (nSPS) is 17.9. The Hall–Kier alpha value is -4.12. The summed E-state index contributed by atoms with van der Waals surface area (Å²) in [4.78, 5) is 4.33. The van der Waals surface area contributed by atoms with Crippen LogP contribution in [0, 0.1) is 6.92 Å². The molecule has 0 radical (unpaired) electrons. The quantitative estimate of drug-likeness (QED) is 0.545. The summed E-state index contributed by atoms with van der Waals surface area (Å²) in [6, 6.07) is 15.6. The van der Waals surface area contributed by atoms with Crippen molar-refractivity contribution in [3.05, 3.63) is 77.9 Å². The Morgan fingerprint density at radius 2 is 1.91 bits per heavy atom. The topological polar surface area (TPSA) is 119 Å². The highest BCUT2D eigenvalue weighted by atomic mass is 32.2. The number of anilines is 1. The summed E-state index contributed by atoms with van der Waals surface area (Å²) in [7, 11) is -2.29.